The fourth-order valence-corrected chi connectivity index (χ4v) is 3.21. The molecule has 1 aliphatic rings. The lowest BCUT2D eigenvalue weighted by molar-refractivity contribution is -0.171. The van der Waals surface area contributed by atoms with Gasteiger partial charge in [0.25, 0.3) is 11.5 Å². The van der Waals surface area contributed by atoms with Crippen LogP contribution in [0.2, 0.25) is 0 Å². The summed E-state index contributed by atoms with van der Waals surface area (Å²) in [6.07, 6.45) is -0.733. The fourth-order valence-electron chi connectivity index (χ4n) is 3.21. The van der Waals surface area contributed by atoms with Gasteiger partial charge in [0.15, 0.2) is 0 Å². The second-order valence-electron chi connectivity index (χ2n) is 6.32. The van der Waals surface area contributed by atoms with Crippen LogP contribution >= 0.6 is 0 Å². The maximum Gasteiger partial charge on any atom is 0.471 e. The van der Waals surface area contributed by atoms with Crippen molar-refractivity contribution in [1.82, 2.24) is 14.9 Å². The van der Waals surface area contributed by atoms with Crippen LogP contribution in [0.1, 0.15) is 23.2 Å². The van der Waals surface area contributed by atoms with E-state index in [2.05, 4.69) is 9.97 Å². The molecule has 148 valence electrons. The molecule has 0 atom stereocenters. The first-order valence-corrected chi connectivity index (χ1v) is 8.56. The van der Waals surface area contributed by atoms with Gasteiger partial charge in [-0.25, -0.2) is 0 Å². The Balaban J connectivity index is 1.77. The van der Waals surface area contributed by atoms with Gasteiger partial charge >= 0.3 is 12.1 Å². The number of aromatic nitrogens is 2. The molecule has 2 aromatic heterocycles. The summed E-state index contributed by atoms with van der Waals surface area (Å²) in [6.45, 7) is 0.249. The third-order valence-electron chi connectivity index (χ3n) is 4.55. The summed E-state index contributed by atoms with van der Waals surface area (Å²) in [6, 6.07) is 5.01. The first-order chi connectivity index (χ1) is 13.3. The predicted octanol–water partition coefficient (Wildman–Crippen LogP) is 1.97. The summed E-state index contributed by atoms with van der Waals surface area (Å²) in [5.41, 5.74) is -0.510. The van der Waals surface area contributed by atoms with Crippen molar-refractivity contribution < 1.29 is 22.8 Å². The summed E-state index contributed by atoms with van der Waals surface area (Å²) in [5.74, 6) is -2.46. The summed E-state index contributed by atoms with van der Waals surface area (Å²) < 4.78 is 39.3. The smallest absolute Gasteiger partial charge is 0.338 e. The Morgan fingerprint density at radius 3 is 2.46 bits per heavy atom. The number of carbonyl (C=O) groups is 2. The molecule has 1 saturated heterocycles. The van der Waals surface area contributed by atoms with E-state index < -0.39 is 29.6 Å². The number of piperidine rings is 1. The molecule has 1 N–H and O–H groups in total. The van der Waals surface area contributed by atoms with E-state index in [4.69, 9.17) is 0 Å². The van der Waals surface area contributed by atoms with Gasteiger partial charge in [0, 0.05) is 31.5 Å². The molecule has 3 heterocycles. The molecule has 10 heteroatoms. The molecule has 28 heavy (non-hydrogen) atoms. The van der Waals surface area contributed by atoms with Crippen LogP contribution in [-0.4, -0.2) is 52.0 Å². The van der Waals surface area contributed by atoms with E-state index in [1.165, 1.54) is 47.8 Å². The Morgan fingerprint density at radius 2 is 1.89 bits per heavy atom. The number of nitrogens with zero attached hydrogens (tertiary/aromatic N) is 3. The van der Waals surface area contributed by atoms with E-state index in [0.717, 1.165) is 0 Å². The standard InChI is InChI=1S/C18H17F3N4O3/c19-18(20,21)17(28)25(13-3-1-7-22-11-13)12-5-9-24(10-6-12)16(27)14-4-2-8-23-15(14)26/h1-4,7-8,11-12H,5-6,9-10H2,(H,23,26). The van der Waals surface area contributed by atoms with Crippen LogP contribution in [0.15, 0.2) is 47.7 Å². The van der Waals surface area contributed by atoms with Crippen molar-refractivity contribution in [1.29, 1.82) is 0 Å². The molecule has 0 bridgehead atoms. The van der Waals surface area contributed by atoms with Crippen molar-refractivity contribution in [3.63, 3.8) is 0 Å². The second-order valence-corrected chi connectivity index (χ2v) is 6.32. The highest BCUT2D eigenvalue weighted by Gasteiger charge is 2.46. The minimum atomic E-state index is -5.03. The quantitative estimate of drug-likeness (QED) is 0.863. The number of carbonyl (C=O) groups excluding carboxylic acids is 2. The van der Waals surface area contributed by atoms with E-state index >= 15 is 0 Å². The highest BCUT2D eigenvalue weighted by Crippen LogP contribution is 2.29. The third kappa shape index (κ3) is 4.05. The molecular formula is C18H17F3N4O3. The van der Waals surface area contributed by atoms with Gasteiger partial charge in [-0.15, -0.1) is 0 Å². The molecule has 0 aliphatic carbocycles. The molecule has 3 rings (SSSR count). The molecular weight excluding hydrogens is 377 g/mol. The van der Waals surface area contributed by atoms with Crippen molar-refractivity contribution in [2.75, 3.05) is 18.0 Å². The minimum Gasteiger partial charge on any atom is -0.338 e. The molecule has 2 amide bonds. The van der Waals surface area contributed by atoms with Crippen LogP contribution in [-0.2, 0) is 4.79 Å². The van der Waals surface area contributed by atoms with Crippen LogP contribution in [0.5, 0.6) is 0 Å². The van der Waals surface area contributed by atoms with Gasteiger partial charge in [-0.2, -0.15) is 13.2 Å². The Labute approximate surface area is 157 Å². The number of hydrogen-bond acceptors (Lipinski definition) is 4. The zero-order chi connectivity index (χ0) is 20.3. The zero-order valence-electron chi connectivity index (χ0n) is 14.6. The third-order valence-corrected chi connectivity index (χ3v) is 4.55. The SMILES string of the molecule is O=C(c1ccc[nH]c1=O)N1CCC(N(C(=O)C(F)(F)F)c2cccnc2)CC1. The molecule has 7 nitrogen and oxygen atoms in total. The van der Waals surface area contributed by atoms with E-state index in [0.29, 0.717) is 4.90 Å². The van der Waals surface area contributed by atoms with E-state index in [-0.39, 0.29) is 37.2 Å². The van der Waals surface area contributed by atoms with Gasteiger partial charge in [-0.05, 0) is 37.1 Å². The average Bonchev–Trinajstić information content (AvgIpc) is 2.69. The number of aromatic amines is 1. The molecule has 1 fully saturated rings. The highest BCUT2D eigenvalue weighted by atomic mass is 19.4. The molecule has 0 spiro atoms. The minimum absolute atomic E-state index is 0.0311. The monoisotopic (exact) mass is 394 g/mol. The number of halogens is 3. The summed E-state index contributed by atoms with van der Waals surface area (Å²) in [5, 5.41) is 0. The van der Waals surface area contributed by atoms with Crippen molar-refractivity contribution in [2.45, 2.75) is 25.1 Å². The first kappa shape index (κ1) is 19.6. The maximum atomic E-state index is 13.1. The van der Waals surface area contributed by atoms with E-state index in [9.17, 15) is 27.6 Å². The lowest BCUT2D eigenvalue weighted by Crippen LogP contribution is -2.52. The summed E-state index contributed by atoms with van der Waals surface area (Å²) in [7, 11) is 0. The Morgan fingerprint density at radius 1 is 1.18 bits per heavy atom. The van der Waals surface area contributed by atoms with Gasteiger partial charge in [-0.1, -0.05) is 0 Å². The lowest BCUT2D eigenvalue weighted by Gasteiger charge is -2.38. The molecule has 2 aromatic rings. The first-order valence-electron chi connectivity index (χ1n) is 8.56. The average molecular weight is 394 g/mol. The summed E-state index contributed by atoms with van der Waals surface area (Å²) in [4.78, 5) is 44.6. The van der Waals surface area contributed by atoms with Crippen LogP contribution in [0.25, 0.3) is 0 Å². The van der Waals surface area contributed by atoms with Crippen molar-refractivity contribution >= 4 is 17.5 Å². The van der Waals surface area contributed by atoms with E-state index in [1.807, 2.05) is 0 Å². The van der Waals surface area contributed by atoms with E-state index in [1.54, 1.807) is 0 Å². The number of rotatable bonds is 3. The molecule has 0 saturated carbocycles. The van der Waals surface area contributed by atoms with Crippen LogP contribution < -0.4 is 10.5 Å². The second kappa shape index (κ2) is 7.83. The predicted molar refractivity (Wildman–Crippen MR) is 93.8 cm³/mol. The number of likely N-dealkylation sites (tertiary alicyclic amines) is 1. The number of H-pyrrole nitrogens is 1. The van der Waals surface area contributed by atoms with Gasteiger partial charge in [0.2, 0.25) is 0 Å². The largest absolute Gasteiger partial charge is 0.471 e. The number of anilines is 1. The molecule has 1 aliphatic heterocycles. The zero-order valence-corrected chi connectivity index (χ0v) is 14.6. The topological polar surface area (TPSA) is 86.4 Å². The summed E-state index contributed by atoms with van der Waals surface area (Å²) >= 11 is 0. The highest BCUT2D eigenvalue weighted by molar-refractivity contribution is 5.98. The number of pyridine rings is 2. The van der Waals surface area contributed by atoms with Crippen molar-refractivity contribution in [3.8, 4) is 0 Å². The molecule has 0 radical (unpaired) electrons. The fraction of sp³-hybridized carbons (Fsp3) is 0.333. The number of hydrogen-bond donors (Lipinski definition) is 1. The Kier molecular flexibility index (Phi) is 5.48. The maximum absolute atomic E-state index is 13.1. The lowest BCUT2D eigenvalue weighted by atomic mass is 10.0. The number of alkyl halides is 3. The van der Waals surface area contributed by atoms with Gasteiger partial charge in [0.1, 0.15) is 5.56 Å². The van der Waals surface area contributed by atoms with Crippen LogP contribution in [0.4, 0.5) is 18.9 Å². The van der Waals surface area contributed by atoms with Crippen molar-refractivity contribution in [3.05, 3.63) is 58.8 Å². The van der Waals surface area contributed by atoms with Crippen molar-refractivity contribution in [2.24, 2.45) is 0 Å². The number of amides is 2. The number of nitrogens with one attached hydrogen (secondary N) is 1. The van der Waals surface area contributed by atoms with Gasteiger partial charge in [-0.3, -0.25) is 24.3 Å². The molecule has 0 aromatic carbocycles. The molecule has 0 unspecified atom stereocenters. The van der Waals surface area contributed by atoms with Crippen LogP contribution in [0.3, 0.4) is 0 Å². The Hall–Kier alpha value is -3.17. The van der Waals surface area contributed by atoms with Gasteiger partial charge < -0.3 is 9.88 Å². The van der Waals surface area contributed by atoms with Crippen LogP contribution in [0, 0.1) is 0 Å². The Bertz CT molecular complexity index is 906. The van der Waals surface area contributed by atoms with Gasteiger partial charge in [0.05, 0.1) is 11.9 Å². The normalized spacial score (nSPS) is 15.3.